The first-order valence-corrected chi connectivity index (χ1v) is 5.67. The molecule has 0 saturated heterocycles. The molecule has 0 aliphatic carbocycles. The van der Waals surface area contributed by atoms with Crippen molar-refractivity contribution in [3.63, 3.8) is 0 Å². The molecule has 2 rings (SSSR count). The molecule has 1 N–H and O–H groups in total. The Balaban J connectivity index is 1.82. The van der Waals surface area contributed by atoms with Crippen LogP contribution in [0.4, 0.5) is 4.39 Å². The van der Waals surface area contributed by atoms with Gasteiger partial charge in [0.15, 0.2) is 0 Å². The largest absolute Gasteiger partial charge is 0.336 e. The van der Waals surface area contributed by atoms with E-state index >= 15 is 0 Å². The van der Waals surface area contributed by atoms with Crippen molar-refractivity contribution < 1.29 is 4.39 Å². The van der Waals surface area contributed by atoms with E-state index in [-0.39, 0.29) is 5.82 Å². The third-order valence-electron chi connectivity index (χ3n) is 2.59. The Bertz CT molecular complexity index is 453. The number of imidazole rings is 1. The maximum Gasteiger partial charge on any atom is 0.123 e. The van der Waals surface area contributed by atoms with Crippen molar-refractivity contribution >= 4 is 0 Å². The zero-order valence-electron chi connectivity index (χ0n) is 9.81. The molecule has 0 saturated carbocycles. The highest BCUT2D eigenvalue weighted by molar-refractivity contribution is 5.16. The predicted octanol–water partition coefficient (Wildman–Crippen LogP) is 2.20. The lowest BCUT2D eigenvalue weighted by Crippen LogP contribution is -2.29. The molecule has 0 aliphatic heterocycles. The smallest absolute Gasteiger partial charge is 0.123 e. The first-order valence-electron chi connectivity index (χ1n) is 5.67. The third-order valence-corrected chi connectivity index (χ3v) is 2.59. The molecule has 0 amide bonds. The van der Waals surface area contributed by atoms with Crippen molar-refractivity contribution in [2.75, 3.05) is 0 Å². The highest BCUT2D eigenvalue weighted by atomic mass is 19.1. The summed E-state index contributed by atoms with van der Waals surface area (Å²) in [4.78, 5) is 3.99. The molecule has 90 valence electrons. The van der Waals surface area contributed by atoms with Crippen molar-refractivity contribution in [1.82, 2.24) is 14.9 Å². The topological polar surface area (TPSA) is 29.9 Å². The van der Waals surface area contributed by atoms with Crippen molar-refractivity contribution in [2.45, 2.75) is 26.1 Å². The number of halogens is 1. The molecule has 3 nitrogen and oxygen atoms in total. The van der Waals surface area contributed by atoms with E-state index in [1.807, 2.05) is 16.8 Å². The first kappa shape index (κ1) is 11.8. The average molecular weight is 233 g/mol. The van der Waals surface area contributed by atoms with Crippen LogP contribution in [0.5, 0.6) is 0 Å². The zero-order valence-corrected chi connectivity index (χ0v) is 9.81. The van der Waals surface area contributed by atoms with Gasteiger partial charge in [0.05, 0.1) is 6.33 Å². The number of rotatable bonds is 5. The molecule has 0 bridgehead atoms. The van der Waals surface area contributed by atoms with Gasteiger partial charge in [-0.15, -0.1) is 0 Å². The summed E-state index contributed by atoms with van der Waals surface area (Å²) in [6.07, 6.45) is 5.49. The van der Waals surface area contributed by atoms with E-state index in [9.17, 15) is 4.39 Å². The lowest BCUT2D eigenvalue weighted by Gasteiger charge is -2.14. The van der Waals surface area contributed by atoms with E-state index in [1.54, 1.807) is 24.7 Å². The molecule has 0 radical (unpaired) electrons. The van der Waals surface area contributed by atoms with Crippen LogP contribution in [0.25, 0.3) is 0 Å². The average Bonchev–Trinajstić information content (AvgIpc) is 2.79. The summed E-state index contributed by atoms with van der Waals surface area (Å²) in [6.45, 7) is 3.63. The van der Waals surface area contributed by atoms with Gasteiger partial charge in [0.2, 0.25) is 0 Å². The SMILES string of the molecule is CC(Cn1ccnc1)NCc1cccc(F)c1. The van der Waals surface area contributed by atoms with Gasteiger partial charge in [-0.3, -0.25) is 0 Å². The number of benzene rings is 1. The van der Waals surface area contributed by atoms with Crippen LogP contribution in [0.15, 0.2) is 43.0 Å². The summed E-state index contributed by atoms with van der Waals surface area (Å²) in [6, 6.07) is 6.97. The fourth-order valence-electron chi connectivity index (χ4n) is 1.71. The van der Waals surface area contributed by atoms with E-state index in [4.69, 9.17) is 0 Å². The molecule has 0 spiro atoms. The fraction of sp³-hybridized carbons (Fsp3) is 0.308. The van der Waals surface area contributed by atoms with Crippen molar-refractivity contribution in [2.24, 2.45) is 0 Å². The summed E-state index contributed by atoms with van der Waals surface area (Å²) in [5, 5.41) is 3.35. The first-order chi connectivity index (χ1) is 8.24. The molecule has 2 aromatic rings. The van der Waals surface area contributed by atoms with Crippen LogP contribution < -0.4 is 5.32 Å². The second-order valence-electron chi connectivity index (χ2n) is 4.17. The minimum atomic E-state index is -0.188. The summed E-state index contributed by atoms with van der Waals surface area (Å²) >= 11 is 0. The van der Waals surface area contributed by atoms with E-state index in [0.717, 1.165) is 12.1 Å². The van der Waals surface area contributed by atoms with Crippen LogP contribution in [-0.4, -0.2) is 15.6 Å². The molecular formula is C13H16FN3. The van der Waals surface area contributed by atoms with Crippen molar-refractivity contribution in [3.8, 4) is 0 Å². The molecule has 17 heavy (non-hydrogen) atoms. The van der Waals surface area contributed by atoms with Gasteiger partial charge >= 0.3 is 0 Å². The van der Waals surface area contributed by atoms with Gasteiger partial charge in [-0.25, -0.2) is 9.37 Å². The minimum Gasteiger partial charge on any atom is -0.336 e. The van der Waals surface area contributed by atoms with Crippen LogP contribution in [0.1, 0.15) is 12.5 Å². The Morgan fingerprint density at radius 2 is 2.35 bits per heavy atom. The molecule has 1 atom stereocenters. The molecular weight excluding hydrogens is 217 g/mol. The van der Waals surface area contributed by atoms with Crippen molar-refractivity contribution in [1.29, 1.82) is 0 Å². The van der Waals surface area contributed by atoms with Crippen LogP contribution in [0.2, 0.25) is 0 Å². The Morgan fingerprint density at radius 3 is 3.06 bits per heavy atom. The van der Waals surface area contributed by atoms with Crippen LogP contribution in [0.3, 0.4) is 0 Å². The second kappa shape index (κ2) is 5.59. The Kier molecular flexibility index (Phi) is 3.88. The molecule has 1 heterocycles. The van der Waals surface area contributed by atoms with Gasteiger partial charge in [0, 0.05) is 31.5 Å². The molecule has 0 fully saturated rings. The monoisotopic (exact) mass is 233 g/mol. The van der Waals surface area contributed by atoms with Crippen LogP contribution >= 0.6 is 0 Å². The molecule has 4 heteroatoms. The van der Waals surface area contributed by atoms with E-state index in [0.29, 0.717) is 12.6 Å². The van der Waals surface area contributed by atoms with Gasteiger partial charge in [-0.05, 0) is 24.6 Å². The standard InChI is InChI=1S/C13H16FN3/c1-11(9-17-6-5-15-10-17)16-8-12-3-2-4-13(14)7-12/h2-7,10-11,16H,8-9H2,1H3. The number of nitrogens with one attached hydrogen (secondary N) is 1. The quantitative estimate of drug-likeness (QED) is 0.858. The minimum absolute atomic E-state index is 0.188. The Hall–Kier alpha value is -1.68. The summed E-state index contributed by atoms with van der Waals surface area (Å²) in [7, 11) is 0. The fourth-order valence-corrected chi connectivity index (χ4v) is 1.71. The number of nitrogens with zero attached hydrogens (tertiary/aromatic N) is 2. The zero-order chi connectivity index (χ0) is 12.1. The number of hydrogen-bond donors (Lipinski definition) is 1. The molecule has 1 unspecified atom stereocenters. The lowest BCUT2D eigenvalue weighted by atomic mass is 10.2. The third kappa shape index (κ3) is 3.67. The molecule has 0 aliphatic rings. The highest BCUT2D eigenvalue weighted by Crippen LogP contribution is 2.03. The summed E-state index contributed by atoms with van der Waals surface area (Å²) < 4.78 is 15.0. The lowest BCUT2D eigenvalue weighted by molar-refractivity contribution is 0.475. The van der Waals surface area contributed by atoms with E-state index < -0.39 is 0 Å². The van der Waals surface area contributed by atoms with Crippen LogP contribution in [-0.2, 0) is 13.1 Å². The van der Waals surface area contributed by atoms with Gasteiger partial charge in [-0.1, -0.05) is 12.1 Å². The number of aromatic nitrogens is 2. The summed E-state index contributed by atoms with van der Waals surface area (Å²) in [5.41, 5.74) is 0.961. The van der Waals surface area contributed by atoms with E-state index in [1.165, 1.54) is 6.07 Å². The van der Waals surface area contributed by atoms with Crippen molar-refractivity contribution in [3.05, 3.63) is 54.4 Å². The Labute approximate surface area is 100 Å². The van der Waals surface area contributed by atoms with E-state index in [2.05, 4.69) is 17.2 Å². The maximum atomic E-state index is 13.0. The predicted molar refractivity (Wildman–Crippen MR) is 64.9 cm³/mol. The molecule has 1 aromatic carbocycles. The van der Waals surface area contributed by atoms with Gasteiger partial charge in [-0.2, -0.15) is 0 Å². The second-order valence-corrected chi connectivity index (χ2v) is 4.17. The summed E-state index contributed by atoms with van der Waals surface area (Å²) in [5.74, 6) is -0.188. The number of hydrogen-bond acceptors (Lipinski definition) is 2. The van der Waals surface area contributed by atoms with Gasteiger partial charge < -0.3 is 9.88 Å². The van der Waals surface area contributed by atoms with Crippen LogP contribution in [0, 0.1) is 5.82 Å². The molecule has 1 aromatic heterocycles. The van der Waals surface area contributed by atoms with Gasteiger partial charge in [0.1, 0.15) is 5.82 Å². The maximum absolute atomic E-state index is 13.0. The highest BCUT2D eigenvalue weighted by Gasteiger charge is 2.02. The Morgan fingerprint density at radius 1 is 1.47 bits per heavy atom. The van der Waals surface area contributed by atoms with Gasteiger partial charge in [0.25, 0.3) is 0 Å². The normalized spacial score (nSPS) is 12.6.